The highest BCUT2D eigenvalue weighted by atomic mass is 15.2. The molecule has 1 saturated carbocycles. The van der Waals surface area contributed by atoms with Crippen LogP contribution in [0, 0.1) is 5.92 Å². The van der Waals surface area contributed by atoms with Crippen LogP contribution in [-0.4, -0.2) is 24.0 Å². The van der Waals surface area contributed by atoms with E-state index in [1.54, 1.807) is 0 Å². The summed E-state index contributed by atoms with van der Waals surface area (Å²) in [5.74, 6) is 1.03. The Hall–Kier alpha value is -0.0400. The zero-order valence-electron chi connectivity index (χ0n) is 11.1. The summed E-state index contributed by atoms with van der Waals surface area (Å²) in [4.78, 5) is 2.79. The summed E-state index contributed by atoms with van der Waals surface area (Å²) in [6, 6.07) is 0.936. The lowest BCUT2D eigenvalue weighted by molar-refractivity contribution is 0.139. The smallest absolute Gasteiger partial charge is 0.0123 e. The molecular weight excluding hydrogens is 194 g/mol. The van der Waals surface area contributed by atoms with Crippen LogP contribution in [0.2, 0.25) is 0 Å². The zero-order chi connectivity index (χ0) is 11.2. The molecule has 0 amide bonds. The number of hydrogen-bond donors (Lipinski definition) is 0. The number of likely N-dealkylation sites (tertiary alicyclic amines) is 1. The van der Waals surface area contributed by atoms with Gasteiger partial charge in [-0.2, -0.15) is 0 Å². The number of rotatable bonds is 2. The molecule has 2 fully saturated rings. The van der Waals surface area contributed by atoms with Crippen LogP contribution < -0.4 is 0 Å². The summed E-state index contributed by atoms with van der Waals surface area (Å²) in [5, 5.41) is 0. The van der Waals surface area contributed by atoms with Crippen LogP contribution in [0.3, 0.4) is 0 Å². The summed E-state index contributed by atoms with van der Waals surface area (Å²) in [7, 11) is 0. The Morgan fingerprint density at radius 1 is 0.812 bits per heavy atom. The van der Waals surface area contributed by atoms with E-state index in [9.17, 15) is 0 Å². The van der Waals surface area contributed by atoms with E-state index in [-0.39, 0.29) is 0 Å². The van der Waals surface area contributed by atoms with Gasteiger partial charge in [-0.3, -0.25) is 0 Å². The van der Waals surface area contributed by atoms with Crippen molar-refractivity contribution >= 4 is 0 Å². The fraction of sp³-hybridized carbons (Fsp3) is 1.00. The minimum atomic E-state index is 0.936. The van der Waals surface area contributed by atoms with E-state index in [0.717, 1.165) is 12.0 Å². The molecule has 0 aromatic carbocycles. The Bertz CT molecular complexity index is 182. The maximum atomic E-state index is 2.79. The quantitative estimate of drug-likeness (QED) is 0.634. The fourth-order valence-corrected chi connectivity index (χ4v) is 3.82. The van der Waals surface area contributed by atoms with Crippen molar-refractivity contribution in [3.05, 3.63) is 0 Å². The van der Waals surface area contributed by atoms with Crippen LogP contribution in [-0.2, 0) is 0 Å². The van der Waals surface area contributed by atoms with Crippen molar-refractivity contribution in [1.82, 2.24) is 4.90 Å². The largest absolute Gasteiger partial charge is 0.300 e. The summed E-state index contributed by atoms with van der Waals surface area (Å²) in [5.41, 5.74) is 0. The molecule has 1 atom stereocenters. The maximum Gasteiger partial charge on any atom is 0.0123 e. The van der Waals surface area contributed by atoms with Crippen molar-refractivity contribution in [3.8, 4) is 0 Å². The first-order chi connectivity index (χ1) is 7.92. The molecular formula is C15H29N. The maximum absolute atomic E-state index is 2.79. The third kappa shape index (κ3) is 3.23. The van der Waals surface area contributed by atoms with Crippen molar-refractivity contribution in [2.24, 2.45) is 5.92 Å². The molecule has 2 rings (SSSR count). The van der Waals surface area contributed by atoms with Crippen molar-refractivity contribution in [2.75, 3.05) is 13.1 Å². The second-order valence-corrected chi connectivity index (χ2v) is 5.80. The predicted molar refractivity (Wildman–Crippen MR) is 70.7 cm³/mol. The molecule has 1 saturated heterocycles. The van der Waals surface area contributed by atoms with Gasteiger partial charge in [0.1, 0.15) is 0 Å². The molecule has 2 aliphatic rings. The Balaban J connectivity index is 1.96. The Morgan fingerprint density at radius 3 is 2.12 bits per heavy atom. The summed E-state index contributed by atoms with van der Waals surface area (Å²) in [6.07, 6.45) is 14.9. The number of hydrogen-bond acceptors (Lipinski definition) is 1. The molecule has 0 radical (unpaired) electrons. The van der Waals surface area contributed by atoms with E-state index in [1.165, 1.54) is 77.3 Å². The molecule has 1 aliphatic carbocycles. The molecule has 0 bridgehead atoms. The van der Waals surface area contributed by atoms with Crippen molar-refractivity contribution in [3.63, 3.8) is 0 Å². The molecule has 0 aromatic rings. The van der Waals surface area contributed by atoms with Crippen molar-refractivity contribution < 1.29 is 0 Å². The van der Waals surface area contributed by atoms with Crippen molar-refractivity contribution in [1.29, 1.82) is 0 Å². The molecule has 94 valence electrons. The molecule has 16 heavy (non-hydrogen) atoms. The van der Waals surface area contributed by atoms with Gasteiger partial charge < -0.3 is 4.90 Å². The molecule has 1 heterocycles. The molecule has 1 nitrogen and oxygen atoms in total. The third-order valence-electron chi connectivity index (χ3n) is 4.76. The normalized spacial score (nSPS) is 30.9. The van der Waals surface area contributed by atoms with Gasteiger partial charge in [0.15, 0.2) is 0 Å². The summed E-state index contributed by atoms with van der Waals surface area (Å²) in [6.45, 7) is 5.01. The molecule has 1 heteroatoms. The molecule has 1 unspecified atom stereocenters. The van der Waals surface area contributed by atoms with Gasteiger partial charge in [0, 0.05) is 6.04 Å². The summed E-state index contributed by atoms with van der Waals surface area (Å²) < 4.78 is 0. The third-order valence-corrected chi connectivity index (χ3v) is 4.76. The van der Waals surface area contributed by atoms with Gasteiger partial charge in [-0.05, 0) is 44.7 Å². The lowest BCUT2D eigenvalue weighted by Crippen LogP contribution is -2.40. The topological polar surface area (TPSA) is 3.24 Å². The van der Waals surface area contributed by atoms with E-state index in [2.05, 4.69) is 11.8 Å². The van der Waals surface area contributed by atoms with Crippen LogP contribution in [0.4, 0.5) is 0 Å². The minimum absolute atomic E-state index is 0.936. The first kappa shape index (κ1) is 12.4. The van der Waals surface area contributed by atoms with Gasteiger partial charge in [-0.1, -0.05) is 45.4 Å². The van der Waals surface area contributed by atoms with E-state index >= 15 is 0 Å². The fourth-order valence-electron chi connectivity index (χ4n) is 3.82. The van der Waals surface area contributed by atoms with E-state index in [1.807, 2.05) is 0 Å². The highest BCUT2D eigenvalue weighted by Crippen LogP contribution is 2.32. The van der Waals surface area contributed by atoms with Gasteiger partial charge in [0.2, 0.25) is 0 Å². The molecule has 1 aliphatic heterocycles. The molecule has 0 N–H and O–H groups in total. The van der Waals surface area contributed by atoms with Crippen molar-refractivity contribution in [2.45, 2.75) is 77.2 Å². The Labute approximate surface area is 102 Å². The van der Waals surface area contributed by atoms with Crippen LogP contribution in [0.25, 0.3) is 0 Å². The Morgan fingerprint density at radius 2 is 1.44 bits per heavy atom. The molecule has 0 spiro atoms. The van der Waals surface area contributed by atoms with Gasteiger partial charge >= 0.3 is 0 Å². The summed E-state index contributed by atoms with van der Waals surface area (Å²) >= 11 is 0. The highest BCUT2D eigenvalue weighted by molar-refractivity contribution is 4.82. The zero-order valence-corrected chi connectivity index (χ0v) is 11.1. The predicted octanol–water partition coefficient (Wildman–Crippen LogP) is 4.22. The molecule has 0 aromatic heterocycles. The average molecular weight is 223 g/mol. The van der Waals surface area contributed by atoms with Gasteiger partial charge in [-0.15, -0.1) is 0 Å². The first-order valence-electron chi connectivity index (χ1n) is 7.66. The Kier molecular flexibility index (Phi) is 5.15. The monoisotopic (exact) mass is 223 g/mol. The van der Waals surface area contributed by atoms with Crippen LogP contribution in [0.15, 0.2) is 0 Å². The second-order valence-electron chi connectivity index (χ2n) is 5.80. The van der Waals surface area contributed by atoms with Gasteiger partial charge in [0.25, 0.3) is 0 Å². The van der Waals surface area contributed by atoms with E-state index in [4.69, 9.17) is 0 Å². The standard InChI is InChI=1S/C15H29N/c1-2-16-13-9-5-8-12-15(16)14-10-6-3-4-7-11-14/h14-15H,2-13H2,1H3. The van der Waals surface area contributed by atoms with E-state index < -0.39 is 0 Å². The lowest BCUT2D eigenvalue weighted by Gasteiger charge is -2.35. The lowest BCUT2D eigenvalue weighted by atomic mass is 9.88. The average Bonchev–Trinajstić information content (AvgIpc) is 2.70. The van der Waals surface area contributed by atoms with Gasteiger partial charge in [-0.25, -0.2) is 0 Å². The van der Waals surface area contributed by atoms with E-state index in [0.29, 0.717) is 0 Å². The van der Waals surface area contributed by atoms with Crippen LogP contribution in [0.1, 0.15) is 71.1 Å². The van der Waals surface area contributed by atoms with Crippen LogP contribution >= 0.6 is 0 Å². The second kappa shape index (κ2) is 6.64. The van der Waals surface area contributed by atoms with Crippen LogP contribution in [0.5, 0.6) is 0 Å². The minimum Gasteiger partial charge on any atom is -0.300 e. The first-order valence-corrected chi connectivity index (χ1v) is 7.66. The van der Waals surface area contributed by atoms with Gasteiger partial charge in [0.05, 0.1) is 0 Å². The SMILES string of the molecule is CCN1CCCCCC1C1CCCCCC1. The highest BCUT2D eigenvalue weighted by Gasteiger charge is 2.27. The number of nitrogens with zero attached hydrogens (tertiary/aromatic N) is 1.